The van der Waals surface area contributed by atoms with Crippen molar-refractivity contribution in [2.24, 2.45) is 0 Å². The van der Waals surface area contributed by atoms with E-state index in [-0.39, 0.29) is 11.7 Å². The van der Waals surface area contributed by atoms with Crippen molar-refractivity contribution in [2.45, 2.75) is 5.16 Å². The number of aromatic amines is 1. The van der Waals surface area contributed by atoms with Crippen molar-refractivity contribution in [3.05, 3.63) is 83.0 Å². The minimum absolute atomic E-state index is 0.127. The van der Waals surface area contributed by atoms with Gasteiger partial charge in [0.05, 0.1) is 22.9 Å². The van der Waals surface area contributed by atoms with E-state index in [2.05, 4.69) is 20.5 Å². The van der Waals surface area contributed by atoms with Crippen molar-refractivity contribution in [1.29, 1.82) is 0 Å². The van der Waals surface area contributed by atoms with E-state index in [1.54, 1.807) is 25.3 Å². The van der Waals surface area contributed by atoms with E-state index in [0.29, 0.717) is 26.7 Å². The highest BCUT2D eigenvalue weighted by molar-refractivity contribution is 7.99. The number of rotatable bonds is 7. The highest BCUT2D eigenvalue weighted by Crippen LogP contribution is 2.33. The SMILES string of the molecule is COc1ccc(-n2c(SCC(=O)Nc3ccc(Cl)c(Cl)c3)nnc2-c2c[nH]c3ccccc23)cc1. The van der Waals surface area contributed by atoms with Gasteiger partial charge >= 0.3 is 0 Å². The second-order valence-electron chi connectivity index (χ2n) is 7.55. The number of aromatic nitrogens is 4. The minimum atomic E-state index is -0.202. The zero-order chi connectivity index (χ0) is 24.4. The van der Waals surface area contributed by atoms with Gasteiger partial charge in [0, 0.05) is 34.0 Å². The van der Waals surface area contributed by atoms with Gasteiger partial charge in [-0.2, -0.15) is 0 Å². The number of para-hydroxylation sites is 1. The molecule has 5 rings (SSSR count). The fourth-order valence-electron chi connectivity index (χ4n) is 3.66. The van der Waals surface area contributed by atoms with Crippen LogP contribution in [-0.2, 0) is 4.79 Å². The van der Waals surface area contributed by atoms with E-state index in [1.165, 1.54) is 11.8 Å². The summed E-state index contributed by atoms with van der Waals surface area (Å²) in [4.78, 5) is 15.9. The van der Waals surface area contributed by atoms with Crippen molar-refractivity contribution in [3.63, 3.8) is 0 Å². The van der Waals surface area contributed by atoms with E-state index < -0.39 is 0 Å². The number of carbonyl (C=O) groups excluding carboxylic acids is 1. The molecule has 0 saturated carbocycles. The third-order valence-corrected chi connectivity index (χ3v) is 7.00. The topological polar surface area (TPSA) is 84.8 Å². The second kappa shape index (κ2) is 10.0. The molecule has 0 aliphatic carbocycles. The molecule has 2 aromatic heterocycles. The molecule has 0 radical (unpaired) electrons. The molecule has 5 aromatic rings. The fraction of sp³-hybridized carbons (Fsp3) is 0.0800. The second-order valence-corrected chi connectivity index (χ2v) is 9.31. The number of carbonyl (C=O) groups is 1. The molecule has 0 unspecified atom stereocenters. The zero-order valence-electron chi connectivity index (χ0n) is 18.5. The first-order chi connectivity index (χ1) is 17.0. The molecule has 0 atom stereocenters. The van der Waals surface area contributed by atoms with Crippen LogP contribution >= 0.6 is 35.0 Å². The maximum absolute atomic E-state index is 12.6. The van der Waals surface area contributed by atoms with Gasteiger partial charge in [0.15, 0.2) is 11.0 Å². The fourth-order valence-corrected chi connectivity index (χ4v) is 4.71. The van der Waals surface area contributed by atoms with Crippen molar-refractivity contribution < 1.29 is 9.53 Å². The Balaban J connectivity index is 1.46. The van der Waals surface area contributed by atoms with E-state index >= 15 is 0 Å². The summed E-state index contributed by atoms with van der Waals surface area (Å²) in [5.41, 5.74) is 3.34. The lowest BCUT2D eigenvalue weighted by Crippen LogP contribution is -2.14. The summed E-state index contributed by atoms with van der Waals surface area (Å²) in [6, 6.07) is 20.6. The number of fused-ring (bicyclic) bond motifs is 1. The molecule has 0 saturated heterocycles. The quantitative estimate of drug-likeness (QED) is 0.239. The van der Waals surface area contributed by atoms with Crippen molar-refractivity contribution in [2.75, 3.05) is 18.2 Å². The summed E-state index contributed by atoms with van der Waals surface area (Å²) >= 11 is 13.3. The molecule has 0 aliphatic heterocycles. The molecule has 1 amide bonds. The van der Waals surface area contributed by atoms with Gasteiger partial charge in [-0.15, -0.1) is 10.2 Å². The van der Waals surface area contributed by atoms with Gasteiger partial charge in [0.25, 0.3) is 0 Å². The number of H-pyrrole nitrogens is 1. The summed E-state index contributed by atoms with van der Waals surface area (Å²) in [6.07, 6.45) is 1.92. The van der Waals surface area contributed by atoms with Crippen LogP contribution in [0.15, 0.2) is 78.1 Å². The number of hydrogen-bond acceptors (Lipinski definition) is 5. The lowest BCUT2D eigenvalue weighted by atomic mass is 10.1. The first-order valence-corrected chi connectivity index (χ1v) is 12.3. The van der Waals surface area contributed by atoms with Crippen LogP contribution in [0.4, 0.5) is 5.69 Å². The number of nitrogens with one attached hydrogen (secondary N) is 2. The van der Waals surface area contributed by atoms with Gasteiger partial charge in [0.1, 0.15) is 5.75 Å². The van der Waals surface area contributed by atoms with Gasteiger partial charge in [-0.25, -0.2) is 0 Å². The predicted octanol–water partition coefficient (Wildman–Crippen LogP) is 6.46. The molecule has 0 aliphatic rings. The summed E-state index contributed by atoms with van der Waals surface area (Å²) in [5.74, 6) is 1.33. The third kappa shape index (κ3) is 4.86. The van der Waals surface area contributed by atoms with Gasteiger partial charge in [-0.1, -0.05) is 53.2 Å². The van der Waals surface area contributed by atoms with Crippen LogP contribution in [0.2, 0.25) is 10.0 Å². The number of anilines is 1. The normalized spacial score (nSPS) is 11.1. The zero-order valence-corrected chi connectivity index (χ0v) is 20.8. The van der Waals surface area contributed by atoms with Crippen molar-refractivity contribution in [3.8, 4) is 22.8 Å². The Labute approximate surface area is 215 Å². The molecule has 7 nitrogen and oxygen atoms in total. The molecule has 2 heterocycles. The smallest absolute Gasteiger partial charge is 0.234 e. The third-order valence-electron chi connectivity index (χ3n) is 5.33. The van der Waals surface area contributed by atoms with Crippen LogP contribution in [-0.4, -0.2) is 38.5 Å². The van der Waals surface area contributed by atoms with E-state index in [4.69, 9.17) is 27.9 Å². The number of amides is 1. The van der Waals surface area contributed by atoms with Gasteiger partial charge in [0.2, 0.25) is 5.91 Å². The van der Waals surface area contributed by atoms with E-state index in [1.807, 2.05) is 59.3 Å². The van der Waals surface area contributed by atoms with Crippen molar-refractivity contribution >= 4 is 57.5 Å². The number of ether oxygens (including phenoxy) is 1. The van der Waals surface area contributed by atoms with Crippen LogP contribution in [0.5, 0.6) is 5.75 Å². The Morgan fingerprint density at radius 3 is 2.63 bits per heavy atom. The number of benzene rings is 3. The Morgan fingerprint density at radius 1 is 1.06 bits per heavy atom. The first-order valence-electron chi connectivity index (χ1n) is 10.6. The monoisotopic (exact) mass is 523 g/mol. The van der Waals surface area contributed by atoms with Crippen LogP contribution in [0.1, 0.15) is 0 Å². The molecule has 3 aromatic carbocycles. The number of thioether (sulfide) groups is 1. The van der Waals surface area contributed by atoms with Gasteiger partial charge in [-0.3, -0.25) is 9.36 Å². The summed E-state index contributed by atoms with van der Waals surface area (Å²) < 4.78 is 7.24. The summed E-state index contributed by atoms with van der Waals surface area (Å²) in [5, 5.41) is 14.2. The van der Waals surface area contributed by atoms with E-state index in [0.717, 1.165) is 27.9 Å². The molecule has 2 N–H and O–H groups in total. The van der Waals surface area contributed by atoms with Crippen molar-refractivity contribution in [1.82, 2.24) is 19.7 Å². The molecule has 10 heteroatoms. The minimum Gasteiger partial charge on any atom is -0.497 e. The lowest BCUT2D eigenvalue weighted by Gasteiger charge is -2.11. The number of nitrogens with zero attached hydrogens (tertiary/aromatic N) is 3. The Kier molecular flexibility index (Phi) is 6.68. The first kappa shape index (κ1) is 23.3. The maximum Gasteiger partial charge on any atom is 0.234 e. The number of hydrogen-bond donors (Lipinski definition) is 2. The molecular weight excluding hydrogens is 505 g/mol. The van der Waals surface area contributed by atoms with Crippen LogP contribution in [0.25, 0.3) is 28.0 Å². The molecule has 35 heavy (non-hydrogen) atoms. The molecule has 0 spiro atoms. The Hall–Kier alpha value is -3.46. The standard InChI is InChI=1S/C25H19Cl2N5O2S/c1-34-17-9-7-16(8-10-17)32-24(19-13-28-22-5-3-2-4-18(19)22)30-31-25(32)35-14-23(33)29-15-6-11-20(26)21(27)12-15/h2-13,28H,14H2,1H3,(H,29,33). The van der Waals surface area contributed by atoms with E-state index in [9.17, 15) is 4.79 Å². The lowest BCUT2D eigenvalue weighted by molar-refractivity contribution is -0.113. The Morgan fingerprint density at radius 2 is 1.86 bits per heavy atom. The predicted molar refractivity (Wildman–Crippen MR) is 141 cm³/mol. The number of methoxy groups -OCH3 is 1. The Bertz CT molecular complexity index is 1510. The average Bonchev–Trinajstić information content (AvgIpc) is 3.49. The summed E-state index contributed by atoms with van der Waals surface area (Å²) in [6.45, 7) is 0. The number of halogens is 2. The highest BCUT2D eigenvalue weighted by atomic mass is 35.5. The van der Waals surface area contributed by atoms with Gasteiger partial charge < -0.3 is 15.0 Å². The molecule has 176 valence electrons. The van der Waals surface area contributed by atoms with Crippen LogP contribution < -0.4 is 10.1 Å². The highest BCUT2D eigenvalue weighted by Gasteiger charge is 2.20. The maximum atomic E-state index is 12.6. The molecule has 0 fully saturated rings. The molecular formula is C25H19Cl2N5O2S. The average molecular weight is 524 g/mol. The van der Waals surface area contributed by atoms with Gasteiger partial charge in [-0.05, 0) is 48.5 Å². The largest absolute Gasteiger partial charge is 0.497 e. The summed E-state index contributed by atoms with van der Waals surface area (Å²) in [7, 11) is 1.62. The van der Waals surface area contributed by atoms with Crippen LogP contribution in [0.3, 0.4) is 0 Å². The van der Waals surface area contributed by atoms with Crippen LogP contribution in [0, 0.1) is 0 Å². The molecule has 0 bridgehead atoms.